The van der Waals surface area contributed by atoms with Crippen molar-refractivity contribution in [1.29, 1.82) is 0 Å². The van der Waals surface area contributed by atoms with Gasteiger partial charge in [-0.25, -0.2) is 4.39 Å². The normalized spacial score (nSPS) is 28.5. The molecule has 1 fully saturated rings. The number of fused-ring (bicyclic) bond motifs is 1. The summed E-state index contributed by atoms with van der Waals surface area (Å²) in [5.41, 5.74) is 2.05. The van der Waals surface area contributed by atoms with Crippen LogP contribution in [0.4, 0.5) is 4.39 Å². The number of hydrogen-bond acceptors (Lipinski definition) is 2. The molecule has 78 valence electrons. The third-order valence-electron chi connectivity index (χ3n) is 3.22. The average molecular weight is 204 g/mol. The maximum atomic E-state index is 13.6. The first-order valence-corrected chi connectivity index (χ1v) is 5.27. The van der Waals surface area contributed by atoms with Gasteiger partial charge in [0.1, 0.15) is 5.82 Å². The fourth-order valence-corrected chi connectivity index (χ4v) is 2.44. The highest BCUT2D eigenvalue weighted by Gasteiger charge is 2.34. The van der Waals surface area contributed by atoms with Crippen LogP contribution >= 0.6 is 0 Å². The zero-order valence-electron chi connectivity index (χ0n) is 8.33. The Bertz CT molecular complexity index is 414. The molecule has 0 bridgehead atoms. The summed E-state index contributed by atoms with van der Waals surface area (Å²) in [6.07, 6.45) is 2.03. The molecule has 2 atom stereocenters. The van der Waals surface area contributed by atoms with Crippen LogP contribution in [0.3, 0.4) is 0 Å². The van der Waals surface area contributed by atoms with Crippen LogP contribution in [0, 0.1) is 11.7 Å². The van der Waals surface area contributed by atoms with Gasteiger partial charge in [-0.05, 0) is 17.8 Å². The van der Waals surface area contributed by atoms with Crippen molar-refractivity contribution in [2.24, 2.45) is 5.92 Å². The molecule has 0 aliphatic carbocycles. The number of rotatable bonds is 1. The highest BCUT2D eigenvalue weighted by Crippen LogP contribution is 2.35. The second kappa shape index (κ2) is 3.35. The van der Waals surface area contributed by atoms with Crippen molar-refractivity contribution < 1.29 is 4.39 Å². The Morgan fingerprint density at radius 3 is 2.93 bits per heavy atom. The van der Waals surface area contributed by atoms with E-state index in [-0.39, 0.29) is 11.9 Å². The lowest BCUT2D eigenvalue weighted by atomic mass is 9.96. The van der Waals surface area contributed by atoms with Crippen molar-refractivity contribution in [3.05, 3.63) is 47.4 Å². The number of halogens is 1. The molecule has 0 spiro atoms. The van der Waals surface area contributed by atoms with E-state index in [0.717, 1.165) is 18.7 Å². The number of hydrogen-bond donors (Lipinski definition) is 2. The van der Waals surface area contributed by atoms with E-state index in [1.807, 2.05) is 18.3 Å². The summed E-state index contributed by atoms with van der Waals surface area (Å²) in [5, 5.41) is 6.59. The van der Waals surface area contributed by atoms with E-state index in [0.29, 0.717) is 5.92 Å². The van der Waals surface area contributed by atoms with Gasteiger partial charge >= 0.3 is 0 Å². The zero-order chi connectivity index (χ0) is 10.3. The minimum absolute atomic E-state index is 0.0613. The average Bonchev–Trinajstić information content (AvgIpc) is 2.80. The molecule has 2 nitrogen and oxygen atoms in total. The van der Waals surface area contributed by atoms with Crippen molar-refractivity contribution in [2.45, 2.75) is 6.04 Å². The van der Waals surface area contributed by atoms with Crippen LogP contribution < -0.4 is 10.6 Å². The number of nitrogens with one attached hydrogen (secondary N) is 2. The molecular formula is C12H13FN2. The summed E-state index contributed by atoms with van der Waals surface area (Å²) in [5.74, 6) is 0.415. The van der Waals surface area contributed by atoms with Crippen LogP contribution in [0.25, 0.3) is 0 Å². The second-order valence-corrected chi connectivity index (χ2v) is 4.11. The molecule has 3 rings (SSSR count). The second-order valence-electron chi connectivity index (χ2n) is 4.11. The maximum Gasteiger partial charge on any atom is 0.128 e. The van der Waals surface area contributed by atoms with Gasteiger partial charge in [0, 0.05) is 24.6 Å². The predicted molar refractivity (Wildman–Crippen MR) is 56.7 cm³/mol. The number of benzene rings is 1. The molecule has 3 heteroatoms. The van der Waals surface area contributed by atoms with E-state index >= 15 is 0 Å². The van der Waals surface area contributed by atoms with Crippen molar-refractivity contribution >= 4 is 0 Å². The molecule has 0 amide bonds. The molecule has 1 saturated heterocycles. The predicted octanol–water partition coefficient (Wildman–Crippen LogP) is 1.57. The lowest BCUT2D eigenvalue weighted by molar-refractivity contribution is 0.578. The fourth-order valence-electron chi connectivity index (χ4n) is 2.44. The van der Waals surface area contributed by atoms with Crippen LogP contribution in [0.1, 0.15) is 11.6 Å². The first kappa shape index (κ1) is 8.92. The molecule has 2 heterocycles. The Balaban J connectivity index is 1.98. The first-order chi connectivity index (χ1) is 7.36. The van der Waals surface area contributed by atoms with Gasteiger partial charge in [-0.15, -0.1) is 0 Å². The van der Waals surface area contributed by atoms with Gasteiger partial charge in [-0.2, -0.15) is 0 Å². The van der Waals surface area contributed by atoms with Crippen molar-refractivity contribution in [3.8, 4) is 0 Å². The Morgan fingerprint density at radius 2 is 2.07 bits per heavy atom. The lowest BCUT2D eigenvalue weighted by Crippen LogP contribution is -2.19. The molecule has 2 N–H and O–H groups in total. The van der Waals surface area contributed by atoms with Crippen molar-refractivity contribution in [1.82, 2.24) is 10.6 Å². The topological polar surface area (TPSA) is 24.1 Å². The van der Waals surface area contributed by atoms with Crippen molar-refractivity contribution in [2.75, 3.05) is 13.1 Å². The van der Waals surface area contributed by atoms with E-state index in [1.54, 1.807) is 6.07 Å². The molecule has 15 heavy (non-hydrogen) atoms. The molecule has 0 radical (unpaired) electrons. The summed E-state index contributed by atoms with van der Waals surface area (Å²) in [7, 11) is 0. The molecule has 0 aromatic heterocycles. The highest BCUT2D eigenvalue weighted by molar-refractivity contribution is 5.35. The molecule has 2 aliphatic rings. The Labute approximate surface area is 88.2 Å². The summed E-state index contributed by atoms with van der Waals surface area (Å²) >= 11 is 0. The van der Waals surface area contributed by atoms with Gasteiger partial charge in [0.2, 0.25) is 0 Å². The molecular weight excluding hydrogens is 191 g/mol. The Morgan fingerprint density at radius 1 is 1.20 bits per heavy atom. The monoisotopic (exact) mass is 204 g/mol. The molecule has 0 saturated carbocycles. The molecule has 2 aliphatic heterocycles. The minimum atomic E-state index is -0.122. The van der Waals surface area contributed by atoms with Gasteiger partial charge < -0.3 is 10.6 Å². The summed E-state index contributed by atoms with van der Waals surface area (Å²) in [4.78, 5) is 0. The molecule has 2 unspecified atom stereocenters. The minimum Gasteiger partial charge on any atom is -0.390 e. The third-order valence-corrected chi connectivity index (χ3v) is 3.22. The van der Waals surface area contributed by atoms with Crippen LogP contribution in [-0.4, -0.2) is 13.1 Å². The summed E-state index contributed by atoms with van der Waals surface area (Å²) in [6, 6.07) is 7.05. The van der Waals surface area contributed by atoms with Gasteiger partial charge in [0.05, 0.1) is 6.04 Å². The van der Waals surface area contributed by atoms with E-state index < -0.39 is 0 Å². The van der Waals surface area contributed by atoms with E-state index in [9.17, 15) is 4.39 Å². The first-order valence-electron chi connectivity index (χ1n) is 5.27. The third kappa shape index (κ3) is 1.35. The van der Waals surface area contributed by atoms with Crippen LogP contribution in [0.2, 0.25) is 0 Å². The SMILES string of the molecule is Fc1ccccc1C1NCC2CNC=C21. The summed E-state index contributed by atoms with van der Waals surface area (Å²) < 4.78 is 13.6. The smallest absolute Gasteiger partial charge is 0.128 e. The summed E-state index contributed by atoms with van der Waals surface area (Å²) in [6.45, 7) is 1.92. The largest absolute Gasteiger partial charge is 0.390 e. The Hall–Kier alpha value is -1.35. The maximum absolute atomic E-state index is 13.6. The zero-order valence-corrected chi connectivity index (χ0v) is 8.33. The highest BCUT2D eigenvalue weighted by atomic mass is 19.1. The van der Waals surface area contributed by atoms with E-state index in [1.165, 1.54) is 11.6 Å². The van der Waals surface area contributed by atoms with E-state index in [4.69, 9.17) is 0 Å². The van der Waals surface area contributed by atoms with Crippen molar-refractivity contribution in [3.63, 3.8) is 0 Å². The fraction of sp³-hybridized carbons (Fsp3) is 0.333. The van der Waals surface area contributed by atoms with Crippen LogP contribution in [0.15, 0.2) is 36.0 Å². The standard InChI is InChI=1S/C12H13FN2/c13-11-4-2-1-3-9(11)12-10-7-14-5-8(10)6-15-12/h1-4,7-8,12,14-15H,5-6H2. The van der Waals surface area contributed by atoms with E-state index in [2.05, 4.69) is 10.6 Å². The van der Waals surface area contributed by atoms with Crippen LogP contribution in [-0.2, 0) is 0 Å². The van der Waals surface area contributed by atoms with Gasteiger partial charge in [-0.1, -0.05) is 18.2 Å². The van der Waals surface area contributed by atoms with Gasteiger partial charge in [0.15, 0.2) is 0 Å². The van der Waals surface area contributed by atoms with Crippen LogP contribution in [0.5, 0.6) is 0 Å². The van der Waals surface area contributed by atoms with Gasteiger partial charge in [-0.3, -0.25) is 0 Å². The Kier molecular flexibility index (Phi) is 1.99. The quantitative estimate of drug-likeness (QED) is 0.725. The molecule has 1 aromatic rings. The lowest BCUT2D eigenvalue weighted by Gasteiger charge is -2.13. The molecule has 1 aromatic carbocycles. The van der Waals surface area contributed by atoms with Gasteiger partial charge in [0.25, 0.3) is 0 Å².